The molecule has 2 rings (SSSR count). The van der Waals surface area contributed by atoms with Crippen molar-refractivity contribution < 1.29 is 14.3 Å². The maximum absolute atomic E-state index is 10.5. The second-order valence-corrected chi connectivity index (χ2v) is 4.77. The Hall–Kier alpha value is -1.30. The van der Waals surface area contributed by atoms with Crippen LogP contribution in [0.4, 0.5) is 0 Å². The van der Waals surface area contributed by atoms with E-state index in [0.717, 1.165) is 5.76 Å². The normalized spacial score (nSPS) is 12.9. The number of methoxy groups -OCH3 is 1. The smallest absolute Gasteiger partial charge is 0.126 e. The number of furan rings is 1. The monoisotopic (exact) mass is 284 g/mol. The summed E-state index contributed by atoms with van der Waals surface area (Å²) in [6, 6.07) is 1.81. The van der Waals surface area contributed by atoms with Crippen LogP contribution < -0.4 is 0 Å². The number of aliphatic hydroxyl groups is 1. The molecule has 6 heteroatoms. The van der Waals surface area contributed by atoms with E-state index in [1.165, 1.54) is 6.20 Å². The third-order valence-electron chi connectivity index (χ3n) is 2.97. The molecule has 0 saturated carbocycles. The summed E-state index contributed by atoms with van der Waals surface area (Å²) in [5.74, 6) is 1.44. The lowest BCUT2D eigenvalue weighted by Crippen LogP contribution is -2.13. The summed E-state index contributed by atoms with van der Waals surface area (Å²) in [5, 5.41) is 15.1. The topological polar surface area (TPSA) is 60.4 Å². The Kier molecular flexibility index (Phi) is 4.29. The number of hydrogen-bond acceptors (Lipinski definition) is 4. The number of ether oxygens (including phenoxy) is 1. The zero-order valence-electron chi connectivity index (χ0n) is 11.2. The van der Waals surface area contributed by atoms with Gasteiger partial charge in [-0.1, -0.05) is 11.6 Å². The van der Waals surface area contributed by atoms with Gasteiger partial charge in [0, 0.05) is 12.7 Å². The van der Waals surface area contributed by atoms with Crippen molar-refractivity contribution in [1.82, 2.24) is 9.78 Å². The lowest BCUT2D eigenvalue weighted by molar-refractivity contribution is 0.171. The highest BCUT2D eigenvalue weighted by atomic mass is 35.5. The zero-order chi connectivity index (χ0) is 14.0. The van der Waals surface area contributed by atoms with Crippen molar-refractivity contribution in [3.05, 3.63) is 40.1 Å². The molecule has 1 N–H and O–H groups in total. The summed E-state index contributed by atoms with van der Waals surface area (Å²) in [5.41, 5.74) is 1.26. The number of nitrogens with zero attached hydrogens (tertiary/aromatic N) is 2. The average Bonchev–Trinajstić information content (AvgIpc) is 2.89. The van der Waals surface area contributed by atoms with E-state index >= 15 is 0 Å². The summed E-state index contributed by atoms with van der Waals surface area (Å²) in [4.78, 5) is 0. The third-order valence-corrected chi connectivity index (χ3v) is 3.26. The molecule has 0 aliphatic rings. The molecule has 0 saturated heterocycles. The standard InChI is InChI=1S/C13H17ClN2O3/c1-8-6-10(9(2)19-8)13(17)12-11(14)7-15-16(12)4-5-18-3/h6-7,13,17H,4-5H2,1-3H3. The third kappa shape index (κ3) is 2.83. The van der Waals surface area contributed by atoms with Gasteiger partial charge in [0.15, 0.2) is 0 Å². The maximum Gasteiger partial charge on any atom is 0.126 e. The first-order valence-corrected chi connectivity index (χ1v) is 6.37. The molecule has 104 valence electrons. The van der Waals surface area contributed by atoms with E-state index < -0.39 is 6.10 Å². The fourth-order valence-corrected chi connectivity index (χ4v) is 2.31. The van der Waals surface area contributed by atoms with Gasteiger partial charge >= 0.3 is 0 Å². The van der Waals surface area contributed by atoms with Gasteiger partial charge in [0.05, 0.1) is 30.1 Å². The van der Waals surface area contributed by atoms with E-state index in [0.29, 0.717) is 35.2 Å². The average molecular weight is 285 g/mol. The molecule has 1 unspecified atom stereocenters. The molecule has 0 aliphatic carbocycles. The molecule has 2 aromatic rings. The van der Waals surface area contributed by atoms with E-state index in [1.807, 2.05) is 19.9 Å². The summed E-state index contributed by atoms with van der Waals surface area (Å²) in [6.45, 7) is 4.69. The molecule has 0 aromatic carbocycles. The van der Waals surface area contributed by atoms with Crippen molar-refractivity contribution in [2.24, 2.45) is 0 Å². The molecule has 0 aliphatic heterocycles. The van der Waals surface area contributed by atoms with Crippen LogP contribution in [0.15, 0.2) is 16.7 Å². The van der Waals surface area contributed by atoms with Crippen LogP contribution in [0.25, 0.3) is 0 Å². The number of halogens is 1. The molecule has 5 nitrogen and oxygen atoms in total. The van der Waals surface area contributed by atoms with Gasteiger partial charge < -0.3 is 14.3 Å². The van der Waals surface area contributed by atoms with Crippen molar-refractivity contribution in [3.8, 4) is 0 Å². The Bertz CT molecular complexity index is 562. The molecule has 1 atom stereocenters. The van der Waals surface area contributed by atoms with Gasteiger partial charge in [-0.2, -0.15) is 5.10 Å². The minimum atomic E-state index is -0.857. The van der Waals surface area contributed by atoms with E-state index in [2.05, 4.69) is 5.10 Å². The Morgan fingerprint density at radius 1 is 1.53 bits per heavy atom. The van der Waals surface area contributed by atoms with Gasteiger partial charge in [0.1, 0.15) is 17.6 Å². The summed E-state index contributed by atoms with van der Waals surface area (Å²) < 4.78 is 12.1. The van der Waals surface area contributed by atoms with Crippen LogP contribution in [-0.2, 0) is 11.3 Å². The minimum Gasteiger partial charge on any atom is -0.466 e. The molecule has 19 heavy (non-hydrogen) atoms. The summed E-state index contributed by atoms with van der Waals surface area (Å²) >= 11 is 6.11. The van der Waals surface area contributed by atoms with Gasteiger partial charge in [0.25, 0.3) is 0 Å². The van der Waals surface area contributed by atoms with Crippen molar-refractivity contribution in [2.45, 2.75) is 26.5 Å². The highest BCUT2D eigenvalue weighted by Crippen LogP contribution is 2.31. The van der Waals surface area contributed by atoms with E-state index in [4.69, 9.17) is 20.8 Å². The Morgan fingerprint density at radius 3 is 2.84 bits per heavy atom. The quantitative estimate of drug-likeness (QED) is 0.916. The maximum atomic E-state index is 10.5. The molecular weight excluding hydrogens is 268 g/mol. The lowest BCUT2D eigenvalue weighted by Gasteiger charge is -2.13. The fraction of sp³-hybridized carbons (Fsp3) is 0.462. The van der Waals surface area contributed by atoms with E-state index in [1.54, 1.807) is 11.8 Å². The van der Waals surface area contributed by atoms with Crippen molar-refractivity contribution in [3.63, 3.8) is 0 Å². The number of rotatable bonds is 5. The first-order chi connectivity index (χ1) is 9.04. The molecule has 0 amide bonds. The number of aryl methyl sites for hydroxylation is 2. The van der Waals surface area contributed by atoms with Crippen LogP contribution in [-0.4, -0.2) is 28.6 Å². The van der Waals surface area contributed by atoms with Crippen LogP contribution >= 0.6 is 11.6 Å². The number of hydrogen-bond donors (Lipinski definition) is 1. The summed E-state index contributed by atoms with van der Waals surface area (Å²) in [6.07, 6.45) is 0.669. The molecular formula is C13H17ClN2O3. The highest BCUT2D eigenvalue weighted by Gasteiger charge is 2.23. The lowest BCUT2D eigenvalue weighted by atomic mass is 10.1. The van der Waals surface area contributed by atoms with Gasteiger partial charge in [-0.25, -0.2) is 0 Å². The van der Waals surface area contributed by atoms with Crippen LogP contribution in [0.5, 0.6) is 0 Å². The van der Waals surface area contributed by atoms with Crippen molar-refractivity contribution >= 4 is 11.6 Å². The predicted molar refractivity (Wildman–Crippen MR) is 71.4 cm³/mol. The Labute approximate surface area is 116 Å². The molecule has 2 aromatic heterocycles. The van der Waals surface area contributed by atoms with Gasteiger partial charge in [-0.3, -0.25) is 4.68 Å². The van der Waals surface area contributed by atoms with Crippen LogP contribution in [0.1, 0.15) is 28.9 Å². The molecule has 0 fully saturated rings. The van der Waals surface area contributed by atoms with Crippen LogP contribution in [0, 0.1) is 13.8 Å². The molecule has 0 bridgehead atoms. The number of aliphatic hydroxyl groups excluding tert-OH is 1. The zero-order valence-corrected chi connectivity index (χ0v) is 11.9. The highest BCUT2D eigenvalue weighted by molar-refractivity contribution is 6.31. The van der Waals surface area contributed by atoms with Crippen molar-refractivity contribution in [2.75, 3.05) is 13.7 Å². The van der Waals surface area contributed by atoms with E-state index in [9.17, 15) is 5.11 Å². The first kappa shape index (κ1) is 14.1. The first-order valence-electron chi connectivity index (χ1n) is 5.99. The van der Waals surface area contributed by atoms with E-state index in [-0.39, 0.29) is 0 Å². The molecule has 2 heterocycles. The predicted octanol–water partition coefficient (Wildman–Crippen LogP) is 2.47. The Balaban J connectivity index is 2.35. The second-order valence-electron chi connectivity index (χ2n) is 4.36. The minimum absolute atomic E-state index is 0.432. The number of aromatic nitrogens is 2. The van der Waals surface area contributed by atoms with Crippen LogP contribution in [0.2, 0.25) is 5.02 Å². The SMILES string of the molecule is COCCn1ncc(Cl)c1C(O)c1cc(C)oc1C. The van der Waals surface area contributed by atoms with Gasteiger partial charge in [-0.05, 0) is 19.9 Å². The second kappa shape index (κ2) is 5.77. The van der Waals surface area contributed by atoms with Crippen molar-refractivity contribution in [1.29, 1.82) is 0 Å². The van der Waals surface area contributed by atoms with Gasteiger partial charge in [0.2, 0.25) is 0 Å². The van der Waals surface area contributed by atoms with Crippen LogP contribution in [0.3, 0.4) is 0 Å². The molecule has 0 spiro atoms. The van der Waals surface area contributed by atoms with Gasteiger partial charge in [-0.15, -0.1) is 0 Å². The Morgan fingerprint density at radius 2 is 2.26 bits per heavy atom. The summed E-state index contributed by atoms with van der Waals surface area (Å²) in [7, 11) is 1.62. The largest absolute Gasteiger partial charge is 0.466 e. The molecule has 0 radical (unpaired) electrons. The fourth-order valence-electron chi connectivity index (χ4n) is 2.07.